The maximum atomic E-state index is 13.7. The first-order valence-electron chi connectivity index (χ1n) is 11.6. The summed E-state index contributed by atoms with van der Waals surface area (Å²) in [6.45, 7) is 7.16. The van der Waals surface area contributed by atoms with E-state index in [9.17, 15) is 9.59 Å². The fraction of sp³-hybridized carbons (Fsp3) is 0.458. The average Bonchev–Trinajstić information content (AvgIpc) is 3.37. The highest BCUT2D eigenvalue weighted by molar-refractivity contribution is 5.93. The number of rotatable bonds is 5. The topological polar surface area (TPSA) is 105 Å². The summed E-state index contributed by atoms with van der Waals surface area (Å²) in [6, 6.07) is 4.02. The van der Waals surface area contributed by atoms with Crippen molar-refractivity contribution < 1.29 is 4.79 Å². The second-order valence-corrected chi connectivity index (χ2v) is 8.86. The second kappa shape index (κ2) is 8.90. The van der Waals surface area contributed by atoms with Gasteiger partial charge in [-0.1, -0.05) is 12.8 Å². The van der Waals surface area contributed by atoms with E-state index in [1.54, 1.807) is 10.8 Å². The van der Waals surface area contributed by atoms with Gasteiger partial charge in [0.2, 0.25) is 0 Å². The maximum absolute atomic E-state index is 13.7. The first kappa shape index (κ1) is 21.5. The van der Waals surface area contributed by atoms with E-state index >= 15 is 0 Å². The normalized spacial score (nSPS) is 17.0. The molecule has 0 radical (unpaired) electrons. The molecule has 0 amide bonds. The zero-order valence-electron chi connectivity index (χ0n) is 19.1. The predicted molar refractivity (Wildman–Crippen MR) is 129 cm³/mol. The molecule has 2 fully saturated rings. The van der Waals surface area contributed by atoms with Crippen molar-refractivity contribution in [2.75, 3.05) is 36.4 Å². The molecule has 4 heterocycles. The van der Waals surface area contributed by atoms with Crippen LogP contribution < -0.4 is 21.1 Å². The van der Waals surface area contributed by atoms with Crippen molar-refractivity contribution in [3.8, 4) is 0 Å². The molecular formula is C24H29N7O2. The van der Waals surface area contributed by atoms with Gasteiger partial charge < -0.3 is 15.5 Å². The molecule has 3 aromatic rings. The SMILES string of the molecule is CC(=O)c1ncc2c(C)c(Nc3ccc(N4CCNCC4)cn3)c(=O)n(C3CCCC3)c2n1. The van der Waals surface area contributed by atoms with Crippen LogP contribution >= 0.6 is 0 Å². The number of hydrogen-bond donors (Lipinski definition) is 2. The molecule has 3 aromatic heterocycles. The summed E-state index contributed by atoms with van der Waals surface area (Å²) in [5.41, 5.74) is 2.72. The van der Waals surface area contributed by atoms with Gasteiger partial charge in [0, 0.05) is 50.7 Å². The van der Waals surface area contributed by atoms with Gasteiger partial charge >= 0.3 is 0 Å². The fourth-order valence-corrected chi connectivity index (χ4v) is 4.85. The van der Waals surface area contributed by atoms with Gasteiger partial charge in [-0.2, -0.15) is 0 Å². The minimum atomic E-state index is -0.212. The van der Waals surface area contributed by atoms with E-state index in [1.807, 2.05) is 25.3 Å². The zero-order valence-corrected chi connectivity index (χ0v) is 19.1. The Morgan fingerprint density at radius 1 is 1.12 bits per heavy atom. The third-order valence-electron chi connectivity index (χ3n) is 6.70. The number of hydrogen-bond acceptors (Lipinski definition) is 8. The Bertz CT molecular complexity index is 1240. The molecule has 1 saturated heterocycles. The smallest absolute Gasteiger partial charge is 0.276 e. The monoisotopic (exact) mass is 447 g/mol. The summed E-state index contributed by atoms with van der Waals surface area (Å²) >= 11 is 0. The van der Waals surface area contributed by atoms with Crippen molar-refractivity contribution in [3.05, 3.63) is 46.3 Å². The van der Waals surface area contributed by atoms with E-state index in [0.29, 0.717) is 17.2 Å². The van der Waals surface area contributed by atoms with Crippen molar-refractivity contribution in [1.82, 2.24) is 24.8 Å². The van der Waals surface area contributed by atoms with Crippen molar-refractivity contribution >= 4 is 34.0 Å². The van der Waals surface area contributed by atoms with Crippen LogP contribution in [-0.2, 0) is 0 Å². The summed E-state index contributed by atoms with van der Waals surface area (Å²) in [4.78, 5) is 41.2. The van der Waals surface area contributed by atoms with Crippen molar-refractivity contribution in [2.24, 2.45) is 0 Å². The number of nitrogens with zero attached hydrogens (tertiary/aromatic N) is 5. The Kier molecular flexibility index (Phi) is 5.80. The van der Waals surface area contributed by atoms with Gasteiger partial charge in [-0.25, -0.2) is 15.0 Å². The van der Waals surface area contributed by atoms with Crippen LogP contribution in [0, 0.1) is 6.92 Å². The van der Waals surface area contributed by atoms with Gasteiger partial charge in [0.1, 0.15) is 17.2 Å². The molecule has 5 rings (SSSR count). The first-order chi connectivity index (χ1) is 16.0. The molecule has 1 aliphatic carbocycles. The standard InChI is InChI=1S/C24H29N7O2/c1-15-19-14-27-22(16(2)32)29-23(19)31(17-5-3-4-6-17)24(33)21(15)28-20-8-7-18(13-26-20)30-11-9-25-10-12-30/h7-8,13-14,17,25H,3-6,9-12H2,1-2H3,(H,26,28). The van der Waals surface area contributed by atoms with E-state index in [0.717, 1.165) is 68.5 Å². The lowest BCUT2D eigenvalue weighted by Gasteiger charge is -2.29. The van der Waals surface area contributed by atoms with Crippen molar-refractivity contribution in [3.63, 3.8) is 0 Å². The lowest BCUT2D eigenvalue weighted by molar-refractivity contribution is 0.100. The van der Waals surface area contributed by atoms with Crippen LogP contribution in [0.2, 0.25) is 0 Å². The summed E-state index contributed by atoms with van der Waals surface area (Å²) in [5, 5.41) is 7.39. The Morgan fingerprint density at radius 2 is 1.88 bits per heavy atom. The zero-order chi connectivity index (χ0) is 22.9. The van der Waals surface area contributed by atoms with E-state index in [2.05, 4.69) is 30.5 Å². The number of anilines is 3. The van der Waals surface area contributed by atoms with E-state index in [4.69, 9.17) is 0 Å². The van der Waals surface area contributed by atoms with Gasteiger partial charge in [-0.3, -0.25) is 14.2 Å². The van der Waals surface area contributed by atoms with Gasteiger partial charge in [0.25, 0.3) is 5.56 Å². The molecule has 2 N–H and O–H groups in total. The highest BCUT2D eigenvalue weighted by Crippen LogP contribution is 2.33. The highest BCUT2D eigenvalue weighted by Gasteiger charge is 2.25. The minimum absolute atomic E-state index is 0.0684. The summed E-state index contributed by atoms with van der Waals surface area (Å²) in [5.74, 6) is 0.544. The van der Waals surface area contributed by atoms with Crippen LogP contribution in [0.4, 0.5) is 17.2 Å². The average molecular weight is 448 g/mol. The van der Waals surface area contributed by atoms with Gasteiger partial charge in [-0.15, -0.1) is 0 Å². The van der Waals surface area contributed by atoms with Crippen molar-refractivity contribution in [2.45, 2.75) is 45.6 Å². The third-order valence-corrected chi connectivity index (χ3v) is 6.70. The molecule has 0 unspecified atom stereocenters. The summed E-state index contributed by atoms with van der Waals surface area (Å²) in [7, 11) is 0. The largest absolute Gasteiger partial charge is 0.368 e. The second-order valence-electron chi connectivity index (χ2n) is 8.86. The number of fused-ring (bicyclic) bond motifs is 1. The number of Topliss-reactive ketones (excluding diaryl/α,β-unsaturated/α-hetero) is 1. The number of aryl methyl sites for hydroxylation is 1. The van der Waals surface area contributed by atoms with E-state index in [-0.39, 0.29) is 23.2 Å². The predicted octanol–water partition coefficient (Wildman–Crippen LogP) is 2.97. The summed E-state index contributed by atoms with van der Waals surface area (Å²) in [6.07, 6.45) is 7.51. The quantitative estimate of drug-likeness (QED) is 0.575. The molecular weight excluding hydrogens is 418 g/mol. The van der Waals surface area contributed by atoms with Crippen LogP contribution in [0.5, 0.6) is 0 Å². The van der Waals surface area contributed by atoms with Crippen LogP contribution in [0.15, 0.2) is 29.3 Å². The molecule has 33 heavy (non-hydrogen) atoms. The number of piperazine rings is 1. The molecule has 2 aliphatic rings. The summed E-state index contributed by atoms with van der Waals surface area (Å²) < 4.78 is 1.76. The Labute approximate surface area is 192 Å². The van der Waals surface area contributed by atoms with Crippen LogP contribution in [0.1, 0.15) is 54.8 Å². The van der Waals surface area contributed by atoms with Crippen LogP contribution in [-0.4, -0.2) is 51.5 Å². The number of nitrogens with one attached hydrogen (secondary N) is 2. The number of pyridine rings is 2. The molecule has 0 aromatic carbocycles. The fourth-order valence-electron chi connectivity index (χ4n) is 4.85. The molecule has 0 spiro atoms. The molecule has 172 valence electrons. The van der Waals surface area contributed by atoms with Crippen molar-refractivity contribution in [1.29, 1.82) is 0 Å². The molecule has 1 aliphatic heterocycles. The minimum Gasteiger partial charge on any atom is -0.368 e. The third kappa shape index (κ3) is 4.08. The Balaban J connectivity index is 1.56. The molecule has 0 bridgehead atoms. The molecule has 0 atom stereocenters. The number of ketones is 1. The number of carbonyl (C=O) groups is 1. The van der Waals surface area contributed by atoms with Gasteiger partial charge in [-0.05, 0) is 37.5 Å². The number of carbonyl (C=O) groups excluding carboxylic acids is 1. The van der Waals surface area contributed by atoms with E-state index < -0.39 is 0 Å². The first-order valence-corrected chi connectivity index (χ1v) is 11.6. The lowest BCUT2D eigenvalue weighted by atomic mass is 10.1. The van der Waals surface area contributed by atoms with Crippen LogP contribution in [0.3, 0.4) is 0 Å². The number of aromatic nitrogens is 4. The lowest BCUT2D eigenvalue weighted by Crippen LogP contribution is -2.43. The molecule has 9 heteroatoms. The van der Waals surface area contributed by atoms with Crippen LogP contribution in [0.25, 0.3) is 11.0 Å². The Hall–Kier alpha value is -3.33. The molecule has 9 nitrogen and oxygen atoms in total. The maximum Gasteiger partial charge on any atom is 0.276 e. The van der Waals surface area contributed by atoms with Gasteiger partial charge in [0.05, 0.1) is 11.9 Å². The molecule has 1 saturated carbocycles. The highest BCUT2D eigenvalue weighted by atomic mass is 16.1. The Morgan fingerprint density at radius 3 is 2.55 bits per heavy atom. The van der Waals surface area contributed by atoms with E-state index in [1.165, 1.54) is 6.92 Å². The van der Waals surface area contributed by atoms with Gasteiger partial charge in [0.15, 0.2) is 11.6 Å².